The first-order valence-electron chi connectivity index (χ1n) is 8.77. The Balaban J connectivity index is 1.62. The number of esters is 1. The zero-order chi connectivity index (χ0) is 19.2. The number of ether oxygens (including phenoxy) is 1. The first-order chi connectivity index (χ1) is 13.0. The second-order valence-electron chi connectivity index (χ2n) is 6.40. The van der Waals surface area contributed by atoms with Crippen molar-refractivity contribution in [3.05, 3.63) is 65.9 Å². The molecule has 6 nitrogen and oxygen atoms in total. The molecule has 1 atom stereocenters. The van der Waals surface area contributed by atoms with Gasteiger partial charge in [0.15, 0.2) is 0 Å². The first kappa shape index (κ1) is 18.5. The summed E-state index contributed by atoms with van der Waals surface area (Å²) in [5.41, 5.74) is 2.77. The monoisotopic (exact) mass is 366 g/mol. The highest BCUT2D eigenvalue weighted by Crippen LogP contribution is 2.16. The maximum Gasteiger partial charge on any atom is 0.328 e. The fraction of sp³-hybridized carbons (Fsp3) is 0.238. The molecule has 0 saturated carbocycles. The summed E-state index contributed by atoms with van der Waals surface area (Å²) in [5.74, 6) is -0.520. The number of fused-ring (bicyclic) bond motifs is 1. The summed E-state index contributed by atoms with van der Waals surface area (Å²) in [5, 5.41) is 13.1. The lowest BCUT2D eigenvalue weighted by atomic mass is 10.1. The van der Waals surface area contributed by atoms with Crippen LogP contribution in [0.1, 0.15) is 17.7 Å². The molecule has 1 heterocycles. The molecular formula is C21H22N2O4. The number of H-pyrrole nitrogens is 1. The number of phenolic OH excluding ortho intramolecular Hbond substituents is 1. The van der Waals surface area contributed by atoms with Crippen LogP contribution in [0.3, 0.4) is 0 Å². The van der Waals surface area contributed by atoms with Crippen LogP contribution >= 0.6 is 0 Å². The third kappa shape index (κ3) is 4.88. The van der Waals surface area contributed by atoms with Crippen molar-refractivity contribution in [2.24, 2.45) is 0 Å². The van der Waals surface area contributed by atoms with Crippen LogP contribution < -0.4 is 5.32 Å². The molecule has 0 aliphatic carbocycles. The zero-order valence-corrected chi connectivity index (χ0v) is 15.1. The summed E-state index contributed by atoms with van der Waals surface area (Å²) >= 11 is 0. The Kier molecular flexibility index (Phi) is 5.76. The Morgan fingerprint density at radius 2 is 1.89 bits per heavy atom. The van der Waals surface area contributed by atoms with E-state index in [9.17, 15) is 14.7 Å². The molecule has 3 rings (SSSR count). The van der Waals surface area contributed by atoms with Gasteiger partial charge in [-0.3, -0.25) is 4.79 Å². The van der Waals surface area contributed by atoms with Gasteiger partial charge in [-0.25, -0.2) is 4.79 Å². The molecule has 1 amide bonds. The molecule has 1 aromatic heterocycles. The molecule has 140 valence electrons. The van der Waals surface area contributed by atoms with Crippen molar-refractivity contribution in [2.45, 2.75) is 25.3 Å². The average Bonchev–Trinajstić information content (AvgIpc) is 3.09. The predicted octanol–water partition coefficient (Wildman–Crippen LogP) is 2.71. The normalized spacial score (nSPS) is 11.9. The van der Waals surface area contributed by atoms with Crippen LogP contribution in [-0.2, 0) is 27.2 Å². The number of amides is 1. The number of para-hydroxylation sites is 1. The van der Waals surface area contributed by atoms with Crippen LogP contribution in [0.5, 0.6) is 5.75 Å². The number of hydrogen-bond acceptors (Lipinski definition) is 4. The van der Waals surface area contributed by atoms with E-state index in [4.69, 9.17) is 4.74 Å². The van der Waals surface area contributed by atoms with Gasteiger partial charge in [-0.05, 0) is 41.6 Å². The van der Waals surface area contributed by atoms with E-state index >= 15 is 0 Å². The van der Waals surface area contributed by atoms with Crippen molar-refractivity contribution in [1.82, 2.24) is 10.3 Å². The van der Waals surface area contributed by atoms with Crippen molar-refractivity contribution in [1.29, 1.82) is 0 Å². The van der Waals surface area contributed by atoms with Crippen molar-refractivity contribution in [3.63, 3.8) is 0 Å². The number of aromatic hydroxyl groups is 1. The number of aromatic nitrogens is 1. The number of benzene rings is 2. The Hall–Kier alpha value is -3.28. The Bertz CT molecular complexity index is 898. The van der Waals surface area contributed by atoms with Gasteiger partial charge in [-0.1, -0.05) is 30.3 Å². The van der Waals surface area contributed by atoms with Gasteiger partial charge in [0.2, 0.25) is 5.91 Å². The first-order valence-corrected chi connectivity index (χ1v) is 8.77. The molecule has 3 aromatic rings. The van der Waals surface area contributed by atoms with Crippen LogP contribution in [0.15, 0.2) is 54.6 Å². The molecule has 3 N–H and O–H groups in total. The van der Waals surface area contributed by atoms with Crippen LogP contribution in [0, 0.1) is 0 Å². The lowest BCUT2D eigenvalue weighted by Gasteiger charge is -2.16. The molecule has 0 bridgehead atoms. The van der Waals surface area contributed by atoms with Gasteiger partial charge >= 0.3 is 5.97 Å². The lowest BCUT2D eigenvalue weighted by molar-refractivity contribution is -0.145. The van der Waals surface area contributed by atoms with E-state index in [0.717, 1.165) is 22.2 Å². The Morgan fingerprint density at radius 3 is 2.59 bits per heavy atom. The highest BCUT2D eigenvalue weighted by Gasteiger charge is 2.22. The lowest BCUT2D eigenvalue weighted by Crippen LogP contribution is -2.43. The minimum absolute atomic E-state index is 0.187. The standard InChI is InChI=1S/C21H22N2O4/c1-27-21(26)19(13-16-12-15-4-2-3-5-18(15)22-16)23-20(25)11-8-14-6-9-17(24)10-7-14/h2-7,9-10,12,19,22,24H,8,11,13H2,1H3,(H,23,25). The van der Waals surface area contributed by atoms with Crippen LogP contribution in [0.2, 0.25) is 0 Å². The molecule has 0 fully saturated rings. The smallest absolute Gasteiger partial charge is 0.328 e. The van der Waals surface area contributed by atoms with Gasteiger partial charge in [-0.2, -0.15) is 0 Å². The molecule has 0 aliphatic heterocycles. The topological polar surface area (TPSA) is 91.4 Å². The minimum atomic E-state index is -0.754. The molecule has 1 unspecified atom stereocenters. The number of aromatic amines is 1. The molecule has 6 heteroatoms. The zero-order valence-electron chi connectivity index (χ0n) is 15.1. The van der Waals surface area contributed by atoms with Crippen LogP contribution in [0.25, 0.3) is 10.9 Å². The predicted molar refractivity (Wildman–Crippen MR) is 102 cm³/mol. The quantitative estimate of drug-likeness (QED) is 0.561. The van der Waals surface area contributed by atoms with Crippen LogP contribution in [0.4, 0.5) is 0 Å². The Labute approximate surface area is 157 Å². The van der Waals surface area contributed by atoms with Crippen molar-refractivity contribution in [2.75, 3.05) is 7.11 Å². The molecule has 0 spiro atoms. The second kappa shape index (κ2) is 8.40. The molecule has 2 aromatic carbocycles. The number of phenols is 1. The minimum Gasteiger partial charge on any atom is -0.508 e. The second-order valence-corrected chi connectivity index (χ2v) is 6.40. The van der Waals surface area contributed by atoms with E-state index in [-0.39, 0.29) is 18.1 Å². The number of rotatable bonds is 7. The van der Waals surface area contributed by atoms with E-state index in [1.807, 2.05) is 30.3 Å². The fourth-order valence-electron chi connectivity index (χ4n) is 2.99. The van der Waals surface area contributed by atoms with Gasteiger partial charge in [0, 0.05) is 24.1 Å². The molecule has 0 radical (unpaired) electrons. The SMILES string of the molecule is COC(=O)C(Cc1cc2ccccc2[nH]1)NC(=O)CCc1ccc(O)cc1. The van der Waals surface area contributed by atoms with Gasteiger partial charge < -0.3 is 20.1 Å². The number of aryl methyl sites for hydroxylation is 1. The van der Waals surface area contributed by atoms with Crippen molar-refractivity contribution < 1.29 is 19.4 Å². The van der Waals surface area contributed by atoms with Crippen molar-refractivity contribution in [3.8, 4) is 5.75 Å². The fourth-order valence-corrected chi connectivity index (χ4v) is 2.99. The summed E-state index contributed by atoms with van der Waals surface area (Å²) in [4.78, 5) is 27.7. The van der Waals surface area contributed by atoms with E-state index in [1.54, 1.807) is 24.3 Å². The third-order valence-corrected chi connectivity index (χ3v) is 4.41. The molecular weight excluding hydrogens is 344 g/mol. The van der Waals surface area contributed by atoms with Gasteiger partial charge in [0.1, 0.15) is 11.8 Å². The summed E-state index contributed by atoms with van der Waals surface area (Å²) in [6.07, 6.45) is 1.09. The Morgan fingerprint density at radius 1 is 1.15 bits per heavy atom. The number of carbonyl (C=O) groups excluding carboxylic acids is 2. The van der Waals surface area contributed by atoms with Gasteiger partial charge in [-0.15, -0.1) is 0 Å². The van der Waals surface area contributed by atoms with E-state index in [0.29, 0.717) is 12.8 Å². The number of carbonyl (C=O) groups is 2. The molecule has 0 saturated heterocycles. The maximum absolute atomic E-state index is 12.3. The van der Waals surface area contributed by atoms with E-state index < -0.39 is 12.0 Å². The van der Waals surface area contributed by atoms with E-state index in [1.165, 1.54) is 7.11 Å². The largest absolute Gasteiger partial charge is 0.508 e. The third-order valence-electron chi connectivity index (χ3n) is 4.41. The van der Waals surface area contributed by atoms with Crippen LogP contribution in [-0.4, -0.2) is 35.1 Å². The highest BCUT2D eigenvalue weighted by atomic mass is 16.5. The van der Waals surface area contributed by atoms with Gasteiger partial charge in [0.05, 0.1) is 7.11 Å². The summed E-state index contributed by atoms with van der Waals surface area (Å²) in [6.45, 7) is 0. The van der Waals surface area contributed by atoms with Crippen molar-refractivity contribution >= 4 is 22.8 Å². The number of nitrogens with one attached hydrogen (secondary N) is 2. The molecule has 27 heavy (non-hydrogen) atoms. The van der Waals surface area contributed by atoms with E-state index in [2.05, 4.69) is 10.3 Å². The maximum atomic E-state index is 12.3. The summed E-state index contributed by atoms with van der Waals surface area (Å²) in [6, 6.07) is 15.7. The summed E-state index contributed by atoms with van der Waals surface area (Å²) in [7, 11) is 1.31. The number of hydrogen-bond donors (Lipinski definition) is 3. The average molecular weight is 366 g/mol. The summed E-state index contributed by atoms with van der Waals surface area (Å²) < 4.78 is 4.84. The highest BCUT2D eigenvalue weighted by molar-refractivity contribution is 5.85. The number of methoxy groups -OCH3 is 1. The molecule has 0 aliphatic rings. The van der Waals surface area contributed by atoms with Gasteiger partial charge in [0.25, 0.3) is 0 Å².